The highest BCUT2D eigenvalue weighted by atomic mass is 16.6. The van der Waals surface area contributed by atoms with Gasteiger partial charge >= 0.3 is 6.09 Å². The van der Waals surface area contributed by atoms with E-state index in [1.807, 2.05) is 0 Å². The van der Waals surface area contributed by atoms with Crippen LogP contribution < -0.4 is 0 Å². The monoisotopic (exact) mass is 189 g/mol. The van der Waals surface area contributed by atoms with Crippen molar-refractivity contribution in [2.45, 2.75) is 32.2 Å². The summed E-state index contributed by atoms with van der Waals surface area (Å²) in [6, 6.07) is 0. The Morgan fingerprint density at radius 2 is 1.85 bits per heavy atom. The van der Waals surface area contributed by atoms with Crippen molar-refractivity contribution in [1.82, 2.24) is 4.90 Å². The van der Waals surface area contributed by atoms with Crippen LogP contribution in [0, 0.1) is 0 Å². The van der Waals surface area contributed by atoms with E-state index in [-0.39, 0.29) is 19.2 Å². The van der Waals surface area contributed by atoms with E-state index < -0.39 is 18.3 Å². The van der Waals surface area contributed by atoms with Crippen molar-refractivity contribution in [3.05, 3.63) is 0 Å². The Morgan fingerprint density at radius 1 is 1.38 bits per heavy atom. The van der Waals surface area contributed by atoms with Crippen LogP contribution in [0.1, 0.15) is 13.8 Å². The number of carbonyl (C=O) groups excluding carboxylic acids is 1. The first-order valence-electron chi connectivity index (χ1n) is 4.32. The third-order valence-corrected chi connectivity index (χ3v) is 1.85. The smallest absolute Gasteiger partial charge is 0.410 e. The number of likely N-dealkylation sites (tertiary alicyclic amines) is 1. The molecule has 0 aliphatic carbocycles. The van der Waals surface area contributed by atoms with Crippen molar-refractivity contribution >= 4 is 6.09 Å². The van der Waals surface area contributed by atoms with Crippen LogP contribution >= 0.6 is 0 Å². The van der Waals surface area contributed by atoms with Gasteiger partial charge in [0.15, 0.2) is 0 Å². The van der Waals surface area contributed by atoms with Gasteiger partial charge in [-0.25, -0.2) is 4.79 Å². The van der Waals surface area contributed by atoms with Crippen LogP contribution in [0.2, 0.25) is 0 Å². The number of nitrogens with zero attached hydrogens (tertiary/aromatic N) is 1. The summed E-state index contributed by atoms with van der Waals surface area (Å²) in [5, 5.41) is 18.3. The predicted octanol–water partition coefficient (Wildman–Crippen LogP) is -0.431. The molecular formula is C8H15NO4. The molecule has 1 fully saturated rings. The van der Waals surface area contributed by atoms with Crippen LogP contribution in [0.3, 0.4) is 0 Å². The Kier molecular flexibility index (Phi) is 3.11. The molecule has 0 aromatic heterocycles. The molecule has 0 aromatic carbocycles. The second kappa shape index (κ2) is 3.93. The van der Waals surface area contributed by atoms with Crippen molar-refractivity contribution in [2.75, 3.05) is 13.1 Å². The number of carbonyl (C=O) groups is 1. The second-order valence-corrected chi connectivity index (χ2v) is 3.47. The number of ether oxygens (including phenoxy) is 1. The molecule has 1 aliphatic rings. The molecule has 2 N–H and O–H groups in total. The normalized spacial score (nSPS) is 28.2. The standard InChI is InChI=1S/C8H15NO4/c1-5(2)13-8(12)9-3-6(10)7(11)4-9/h5-7,10-11H,3-4H2,1-2H3/t6-,7+. The summed E-state index contributed by atoms with van der Waals surface area (Å²) in [4.78, 5) is 12.5. The minimum Gasteiger partial charge on any atom is -0.447 e. The average molecular weight is 189 g/mol. The summed E-state index contributed by atoms with van der Waals surface area (Å²) in [6.45, 7) is 3.79. The van der Waals surface area contributed by atoms with Gasteiger partial charge in [0.1, 0.15) is 0 Å². The lowest BCUT2D eigenvalue weighted by Crippen LogP contribution is -2.32. The number of rotatable bonds is 1. The molecule has 0 radical (unpaired) electrons. The Bertz CT molecular complexity index is 185. The summed E-state index contributed by atoms with van der Waals surface area (Å²) >= 11 is 0. The molecular weight excluding hydrogens is 174 g/mol. The van der Waals surface area contributed by atoms with Crippen LogP contribution in [-0.2, 0) is 4.74 Å². The van der Waals surface area contributed by atoms with Crippen molar-refractivity contribution in [1.29, 1.82) is 0 Å². The highest BCUT2D eigenvalue weighted by Gasteiger charge is 2.33. The van der Waals surface area contributed by atoms with Crippen molar-refractivity contribution in [3.8, 4) is 0 Å². The Morgan fingerprint density at radius 3 is 2.23 bits per heavy atom. The van der Waals surface area contributed by atoms with E-state index in [0.29, 0.717) is 0 Å². The Labute approximate surface area is 76.9 Å². The molecule has 0 saturated carbocycles. The van der Waals surface area contributed by atoms with Crippen LogP contribution in [0.4, 0.5) is 4.79 Å². The second-order valence-electron chi connectivity index (χ2n) is 3.47. The van der Waals surface area contributed by atoms with Crippen molar-refractivity contribution < 1.29 is 19.7 Å². The molecule has 13 heavy (non-hydrogen) atoms. The van der Waals surface area contributed by atoms with Crippen LogP contribution in [-0.4, -0.2) is 52.6 Å². The zero-order chi connectivity index (χ0) is 10.0. The van der Waals surface area contributed by atoms with Gasteiger partial charge in [-0.1, -0.05) is 0 Å². The maximum atomic E-state index is 11.2. The molecule has 1 rings (SSSR count). The first kappa shape index (κ1) is 10.3. The number of hydrogen-bond acceptors (Lipinski definition) is 4. The summed E-state index contributed by atoms with van der Waals surface area (Å²) in [5.41, 5.74) is 0. The zero-order valence-corrected chi connectivity index (χ0v) is 7.80. The van der Waals surface area contributed by atoms with E-state index in [0.717, 1.165) is 0 Å². The lowest BCUT2D eigenvalue weighted by atomic mass is 10.3. The van der Waals surface area contributed by atoms with Gasteiger partial charge in [0.05, 0.1) is 31.4 Å². The molecule has 0 spiro atoms. The summed E-state index contributed by atoms with van der Waals surface area (Å²) < 4.78 is 4.90. The van der Waals surface area contributed by atoms with Gasteiger partial charge in [-0.05, 0) is 13.8 Å². The minimum atomic E-state index is -0.847. The maximum Gasteiger partial charge on any atom is 0.410 e. The van der Waals surface area contributed by atoms with Crippen molar-refractivity contribution in [3.63, 3.8) is 0 Å². The molecule has 5 nitrogen and oxygen atoms in total. The largest absolute Gasteiger partial charge is 0.447 e. The van der Waals surface area contributed by atoms with Crippen LogP contribution in [0.5, 0.6) is 0 Å². The maximum absolute atomic E-state index is 11.2. The quantitative estimate of drug-likeness (QED) is 0.587. The van der Waals surface area contributed by atoms with Crippen LogP contribution in [0.25, 0.3) is 0 Å². The van der Waals surface area contributed by atoms with Gasteiger partial charge in [-0.2, -0.15) is 0 Å². The van der Waals surface area contributed by atoms with E-state index in [1.54, 1.807) is 13.8 Å². The minimum absolute atomic E-state index is 0.146. The molecule has 76 valence electrons. The molecule has 0 unspecified atom stereocenters. The van der Waals surface area contributed by atoms with Gasteiger partial charge in [-0.3, -0.25) is 0 Å². The SMILES string of the molecule is CC(C)OC(=O)N1C[C@@H](O)[C@@H](O)C1. The summed E-state index contributed by atoms with van der Waals surface area (Å²) in [7, 11) is 0. The summed E-state index contributed by atoms with van der Waals surface area (Å²) in [5.74, 6) is 0. The number of amides is 1. The summed E-state index contributed by atoms with van der Waals surface area (Å²) in [6.07, 6.45) is -2.35. The molecule has 1 aliphatic heterocycles. The van der Waals surface area contributed by atoms with Gasteiger partial charge in [0.25, 0.3) is 0 Å². The fourth-order valence-corrected chi connectivity index (χ4v) is 1.19. The molecule has 0 aromatic rings. The number of hydrogen-bond donors (Lipinski definition) is 2. The lowest BCUT2D eigenvalue weighted by molar-refractivity contribution is 0.0572. The molecule has 5 heteroatoms. The van der Waals surface area contributed by atoms with Gasteiger partial charge < -0.3 is 19.8 Å². The highest BCUT2D eigenvalue weighted by Crippen LogP contribution is 2.11. The number of β-amino-alcohol motifs (C(OH)–C–C–N with tert-alkyl or cyclic N) is 2. The Hall–Kier alpha value is -0.810. The fourth-order valence-electron chi connectivity index (χ4n) is 1.19. The molecule has 1 saturated heterocycles. The topological polar surface area (TPSA) is 70.0 Å². The number of aliphatic hydroxyl groups is 2. The highest BCUT2D eigenvalue weighted by molar-refractivity contribution is 5.68. The predicted molar refractivity (Wildman–Crippen MR) is 45.2 cm³/mol. The third kappa shape index (κ3) is 2.57. The molecule has 1 amide bonds. The molecule has 0 bridgehead atoms. The van der Waals surface area contributed by atoms with E-state index in [4.69, 9.17) is 14.9 Å². The molecule has 1 heterocycles. The average Bonchev–Trinajstić information content (AvgIpc) is 2.31. The third-order valence-electron chi connectivity index (χ3n) is 1.85. The van der Waals surface area contributed by atoms with Gasteiger partial charge in [-0.15, -0.1) is 0 Å². The van der Waals surface area contributed by atoms with Crippen molar-refractivity contribution in [2.24, 2.45) is 0 Å². The van der Waals surface area contributed by atoms with Gasteiger partial charge in [0.2, 0.25) is 0 Å². The number of aliphatic hydroxyl groups excluding tert-OH is 2. The van der Waals surface area contributed by atoms with E-state index in [2.05, 4.69) is 0 Å². The first-order valence-corrected chi connectivity index (χ1v) is 4.32. The Balaban J connectivity index is 2.42. The van der Waals surface area contributed by atoms with E-state index in [1.165, 1.54) is 4.90 Å². The lowest BCUT2D eigenvalue weighted by Gasteiger charge is -2.16. The zero-order valence-electron chi connectivity index (χ0n) is 7.80. The first-order chi connectivity index (χ1) is 6.00. The van der Waals surface area contributed by atoms with Gasteiger partial charge in [0, 0.05) is 0 Å². The van der Waals surface area contributed by atoms with E-state index in [9.17, 15) is 4.79 Å². The molecule has 2 atom stereocenters. The van der Waals surface area contributed by atoms with Crippen LogP contribution in [0.15, 0.2) is 0 Å². The van der Waals surface area contributed by atoms with E-state index >= 15 is 0 Å². The fraction of sp³-hybridized carbons (Fsp3) is 0.875.